The number of hydrogen-bond donors (Lipinski definition) is 1. The number of nitrogens with zero attached hydrogens (tertiary/aromatic N) is 1. The van der Waals surface area contributed by atoms with Gasteiger partial charge in [0.15, 0.2) is 0 Å². The highest BCUT2D eigenvalue weighted by Gasteiger charge is 2.00. The summed E-state index contributed by atoms with van der Waals surface area (Å²) in [7, 11) is 0. The quantitative estimate of drug-likeness (QED) is 0.568. The van der Waals surface area contributed by atoms with E-state index in [0.717, 1.165) is 19.5 Å². The first-order chi connectivity index (χ1) is 7.33. The van der Waals surface area contributed by atoms with Crippen LogP contribution in [0.2, 0.25) is 0 Å². The van der Waals surface area contributed by atoms with Gasteiger partial charge in [0.25, 0.3) is 0 Å². The molecule has 0 bridgehead atoms. The largest absolute Gasteiger partial charge is 0.466 e. The average Bonchev–Trinajstić information content (AvgIpc) is 2.70. The minimum Gasteiger partial charge on any atom is -0.466 e. The Kier molecular flexibility index (Phi) is 5.96. The number of rotatable bonds is 7. The van der Waals surface area contributed by atoms with Gasteiger partial charge in [-0.25, -0.2) is 0 Å². The van der Waals surface area contributed by atoms with Crippen LogP contribution in [0.15, 0.2) is 11.7 Å². The van der Waals surface area contributed by atoms with Gasteiger partial charge in [-0.2, -0.15) is 0 Å². The molecule has 5 heteroatoms. The summed E-state index contributed by atoms with van der Waals surface area (Å²) >= 11 is 1.63. The Morgan fingerprint density at radius 2 is 2.53 bits per heavy atom. The van der Waals surface area contributed by atoms with E-state index >= 15 is 0 Å². The highest BCUT2D eigenvalue weighted by atomic mass is 32.1. The standard InChI is InChI=1S/C10H16N2O2S/c1-2-14-10(13)4-3-5-11-6-9-7-12-8-15-9/h7-8,11H,2-6H2,1H3. The molecular formula is C10H16N2O2S. The molecule has 0 fully saturated rings. The van der Waals surface area contributed by atoms with Crippen molar-refractivity contribution in [3.8, 4) is 0 Å². The summed E-state index contributed by atoms with van der Waals surface area (Å²) in [5.74, 6) is -0.114. The van der Waals surface area contributed by atoms with Gasteiger partial charge in [-0.3, -0.25) is 9.78 Å². The molecule has 0 atom stereocenters. The van der Waals surface area contributed by atoms with Crippen LogP contribution in [-0.4, -0.2) is 24.1 Å². The van der Waals surface area contributed by atoms with Gasteiger partial charge < -0.3 is 10.1 Å². The van der Waals surface area contributed by atoms with E-state index in [4.69, 9.17) is 4.74 Å². The molecule has 1 N–H and O–H groups in total. The molecule has 0 saturated carbocycles. The third-order valence-electron chi connectivity index (χ3n) is 1.82. The molecule has 0 aromatic carbocycles. The van der Waals surface area contributed by atoms with Crippen molar-refractivity contribution in [2.24, 2.45) is 0 Å². The van der Waals surface area contributed by atoms with Gasteiger partial charge in [0, 0.05) is 24.0 Å². The van der Waals surface area contributed by atoms with Crippen molar-refractivity contribution in [3.05, 3.63) is 16.6 Å². The molecule has 0 amide bonds. The Balaban J connectivity index is 1.95. The van der Waals surface area contributed by atoms with Crippen LogP contribution in [-0.2, 0) is 16.1 Å². The molecule has 1 heterocycles. The van der Waals surface area contributed by atoms with Crippen LogP contribution in [0.5, 0.6) is 0 Å². The highest BCUT2D eigenvalue weighted by molar-refractivity contribution is 7.09. The van der Waals surface area contributed by atoms with Crippen molar-refractivity contribution in [1.29, 1.82) is 0 Å². The molecule has 1 aromatic heterocycles. The molecule has 84 valence electrons. The summed E-state index contributed by atoms with van der Waals surface area (Å²) < 4.78 is 4.82. The Morgan fingerprint density at radius 1 is 1.67 bits per heavy atom. The number of thiazole rings is 1. The molecule has 0 unspecified atom stereocenters. The fraction of sp³-hybridized carbons (Fsp3) is 0.600. The maximum atomic E-state index is 11.0. The summed E-state index contributed by atoms with van der Waals surface area (Å²) in [6, 6.07) is 0. The molecular weight excluding hydrogens is 212 g/mol. The van der Waals surface area contributed by atoms with E-state index in [-0.39, 0.29) is 5.97 Å². The van der Waals surface area contributed by atoms with Crippen LogP contribution in [0.1, 0.15) is 24.6 Å². The van der Waals surface area contributed by atoms with Crippen LogP contribution >= 0.6 is 11.3 Å². The summed E-state index contributed by atoms with van der Waals surface area (Å²) in [5.41, 5.74) is 1.82. The van der Waals surface area contributed by atoms with Crippen LogP contribution in [0.3, 0.4) is 0 Å². The third-order valence-corrected chi connectivity index (χ3v) is 2.60. The molecule has 0 spiro atoms. The van der Waals surface area contributed by atoms with Crippen molar-refractivity contribution in [1.82, 2.24) is 10.3 Å². The minimum atomic E-state index is -0.114. The molecule has 0 aliphatic rings. The van der Waals surface area contributed by atoms with Gasteiger partial charge in [0.2, 0.25) is 0 Å². The number of hydrogen-bond acceptors (Lipinski definition) is 5. The van der Waals surface area contributed by atoms with Crippen molar-refractivity contribution >= 4 is 17.3 Å². The molecule has 0 aliphatic carbocycles. The average molecular weight is 228 g/mol. The smallest absolute Gasteiger partial charge is 0.305 e. The number of nitrogens with one attached hydrogen (secondary N) is 1. The lowest BCUT2D eigenvalue weighted by atomic mass is 10.3. The summed E-state index contributed by atoms with van der Waals surface area (Å²) in [5, 5.41) is 3.25. The van der Waals surface area contributed by atoms with Gasteiger partial charge in [0.1, 0.15) is 0 Å². The molecule has 0 saturated heterocycles. The summed E-state index contributed by atoms with van der Waals surface area (Å²) in [6.07, 6.45) is 3.16. The zero-order valence-corrected chi connectivity index (χ0v) is 9.68. The molecule has 0 aliphatic heterocycles. The maximum absolute atomic E-state index is 11.0. The lowest BCUT2D eigenvalue weighted by Crippen LogP contribution is -2.15. The van der Waals surface area contributed by atoms with E-state index < -0.39 is 0 Å². The van der Waals surface area contributed by atoms with E-state index in [2.05, 4.69) is 10.3 Å². The fourth-order valence-corrected chi connectivity index (χ4v) is 1.70. The van der Waals surface area contributed by atoms with E-state index in [0.29, 0.717) is 13.0 Å². The Morgan fingerprint density at radius 3 is 3.20 bits per heavy atom. The first-order valence-electron chi connectivity index (χ1n) is 5.06. The molecule has 15 heavy (non-hydrogen) atoms. The Labute approximate surface area is 93.7 Å². The second-order valence-electron chi connectivity index (χ2n) is 3.05. The van der Waals surface area contributed by atoms with Crippen LogP contribution in [0.25, 0.3) is 0 Å². The number of aromatic nitrogens is 1. The molecule has 1 aromatic rings. The fourth-order valence-electron chi connectivity index (χ4n) is 1.13. The van der Waals surface area contributed by atoms with Crippen molar-refractivity contribution < 1.29 is 9.53 Å². The molecule has 4 nitrogen and oxygen atoms in total. The van der Waals surface area contributed by atoms with Gasteiger partial charge in [-0.05, 0) is 19.9 Å². The first-order valence-corrected chi connectivity index (χ1v) is 5.94. The lowest BCUT2D eigenvalue weighted by Gasteiger charge is -2.02. The van der Waals surface area contributed by atoms with E-state index in [1.54, 1.807) is 11.3 Å². The zero-order chi connectivity index (χ0) is 10.9. The number of esters is 1. The van der Waals surface area contributed by atoms with Crippen molar-refractivity contribution in [3.63, 3.8) is 0 Å². The normalized spacial score (nSPS) is 10.2. The Bertz CT molecular complexity index is 275. The zero-order valence-electron chi connectivity index (χ0n) is 8.86. The lowest BCUT2D eigenvalue weighted by molar-refractivity contribution is -0.143. The predicted molar refractivity (Wildman–Crippen MR) is 59.7 cm³/mol. The minimum absolute atomic E-state index is 0.114. The van der Waals surface area contributed by atoms with Crippen LogP contribution in [0.4, 0.5) is 0 Å². The van der Waals surface area contributed by atoms with Gasteiger partial charge >= 0.3 is 5.97 Å². The molecule has 1 rings (SSSR count). The van der Waals surface area contributed by atoms with Gasteiger partial charge in [0.05, 0.1) is 12.1 Å². The topological polar surface area (TPSA) is 51.2 Å². The summed E-state index contributed by atoms with van der Waals surface area (Å²) in [6.45, 7) is 3.94. The van der Waals surface area contributed by atoms with E-state index in [1.807, 2.05) is 18.6 Å². The van der Waals surface area contributed by atoms with Crippen molar-refractivity contribution in [2.45, 2.75) is 26.3 Å². The van der Waals surface area contributed by atoms with E-state index in [9.17, 15) is 4.79 Å². The Hall–Kier alpha value is -0.940. The number of ether oxygens (including phenoxy) is 1. The number of carbonyl (C=O) groups excluding carboxylic acids is 1. The summed E-state index contributed by atoms with van der Waals surface area (Å²) in [4.78, 5) is 16.2. The van der Waals surface area contributed by atoms with Gasteiger partial charge in [-0.15, -0.1) is 11.3 Å². The second-order valence-corrected chi connectivity index (χ2v) is 4.02. The predicted octanol–water partition coefficient (Wildman–Crippen LogP) is 1.58. The highest BCUT2D eigenvalue weighted by Crippen LogP contribution is 2.04. The second kappa shape index (κ2) is 7.36. The molecule has 0 radical (unpaired) electrons. The van der Waals surface area contributed by atoms with Crippen LogP contribution < -0.4 is 5.32 Å². The van der Waals surface area contributed by atoms with Crippen LogP contribution in [0, 0.1) is 0 Å². The third kappa shape index (κ3) is 5.49. The number of carbonyl (C=O) groups is 1. The van der Waals surface area contributed by atoms with Gasteiger partial charge in [-0.1, -0.05) is 0 Å². The first kappa shape index (κ1) is 12.1. The monoisotopic (exact) mass is 228 g/mol. The van der Waals surface area contributed by atoms with Crippen molar-refractivity contribution in [2.75, 3.05) is 13.2 Å². The van der Waals surface area contributed by atoms with E-state index in [1.165, 1.54) is 4.88 Å². The maximum Gasteiger partial charge on any atom is 0.305 e. The SMILES string of the molecule is CCOC(=O)CCCNCc1cncs1.